The first-order valence-corrected chi connectivity index (χ1v) is 9.70. The molecule has 0 bridgehead atoms. The molecule has 1 aromatic carbocycles. The second-order valence-corrected chi connectivity index (χ2v) is 7.67. The van der Waals surface area contributed by atoms with Crippen LogP contribution in [0.4, 0.5) is 0 Å². The van der Waals surface area contributed by atoms with Gasteiger partial charge in [0.15, 0.2) is 0 Å². The molecule has 5 nitrogen and oxygen atoms in total. The molecule has 1 aliphatic heterocycles. The van der Waals surface area contributed by atoms with Crippen LogP contribution in [-0.2, 0) is 13.0 Å². The monoisotopic (exact) mass is 430 g/mol. The average molecular weight is 431 g/mol. The molecule has 1 amide bonds. The zero-order valence-electron chi connectivity index (χ0n) is 15.5. The maximum Gasteiger partial charge on any atom is 0.273 e. The van der Waals surface area contributed by atoms with Gasteiger partial charge in [-0.1, -0.05) is 30.3 Å². The Morgan fingerprint density at radius 2 is 2.07 bits per heavy atom. The minimum Gasteiger partial charge on any atom is -0.340 e. The van der Waals surface area contributed by atoms with Crippen molar-refractivity contribution in [2.45, 2.75) is 19.4 Å². The van der Waals surface area contributed by atoms with Crippen LogP contribution in [0.3, 0.4) is 0 Å². The lowest BCUT2D eigenvalue weighted by Gasteiger charge is -2.21. The summed E-state index contributed by atoms with van der Waals surface area (Å²) >= 11 is 1.52. The molecule has 0 spiro atoms. The Morgan fingerprint density at radius 1 is 1.33 bits per heavy atom. The smallest absolute Gasteiger partial charge is 0.273 e. The number of carbonyl (C=O) groups is 1. The highest BCUT2D eigenvalue weighted by Gasteiger charge is 2.26. The van der Waals surface area contributed by atoms with Gasteiger partial charge in [-0.05, 0) is 31.0 Å². The number of thiazole rings is 1. The summed E-state index contributed by atoms with van der Waals surface area (Å²) in [5, 5.41) is 2.79. The van der Waals surface area contributed by atoms with Crippen LogP contribution in [-0.4, -0.2) is 53.9 Å². The molecule has 2 heterocycles. The van der Waals surface area contributed by atoms with Crippen LogP contribution in [0.15, 0.2) is 35.7 Å². The fraction of sp³-hybridized carbons (Fsp3) is 0.474. The van der Waals surface area contributed by atoms with Gasteiger partial charge in [-0.2, -0.15) is 0 Å². The van der Waals surface area contributed by atoms with Gasteiger partial charge in [0, 0.05) is 38.5 Å². The number of aromatic nitrogens is 1. The standard InChI is InChI=1S/C19H26N4OS.2ClH/c1-22(19(24)17-14-25-18(21-17)7-9-20)11-16-8-10-23(13-16)12-15-5-3-2-4-6-15;;/h2-6,14,16H,7-13,20H2,1H3;2*1H. The summed E-state index contributed by atoms with van der Waals surface area (Å²) in [4.78, 5) is 21.2. The van der Waals surface area contributed by atoms with Crippen molar-refractivity contribution in [3.63, 3.8) is 0 Å². The van der Waals surface area contributed by atoms with Crippen molar-refractivity contribution in [2.24, 2.45) is 11.7 Å². The molecule has 1 atom stereocenters. The van der Waals surface area contributed by atoms with Gasteiger partial charge in [-0.25, -0.2) is 4.98 Å². The lowest BCUT2D eigenvalue weighted by molar-refractivity contribution is 0.0768. The normalized spacial score (nSPS) is 16.4. The highest BCUT2D eigenvalue weighted by Crippen LogP contribution is 2.20. The van der Waals surface area contributed by atoms with E-state index < -0.39 is 0 Å². The number of amides is 1. The van der Waals surface area contributed by atoms with Crippen LogP contribution in [0.1, 0.15) is 27.5 Å². The first-order valence-electron chi connectivity index (χ1n) is 8.82. The average Bonchev–Trinajstić information content (AvgIpc) is 3.25. The minimum atomic E-state index is 0. The number of nitrogens with zero attached hydrogens (tertiary/aromatic N) is 3. The number of halogens is 2. The molecule has 1 saturated heterocycles. The molecule has 1 fully saturated rings. The molecule has 2 N–H and O–H groups in total. The van der Waals surface area contributed by atoms with Gasteiger partial charge in [0.2, 0.25) is 0 Å². The second-order valence-electron chi connectivity index (χ2n) is 6.73. The molecule has 8 heteroatoms. The summed E-state index contributed by atoms with van der Waals surface area (Å²) in [6.45, 7) is 4.48. The lowest BCUT2D eigenvalue weighted by atomic mass is 10.1. The number of nitrogens with two attached hydrogens (primary N) is 1. The topological polar surface area (TPSA) is 62.5 Å². The summed E-state index contributed by atoms with van der Waals surface area (Å²) in [6, 6.07) is 10.6. The fourth-order valence-corrected chi connectivity index (χ4v) is 4.15. The Kier molecular flexibility index (Phi) is 10.3. The predicted octanol–water partition coefficient (Wildman–Crippen LogP) is 3.08. The molecule has 150 valence electrons. The van der Waals surface area contributed by atoms with E-state index >= 15 is 0 Å². The summed E-state index contributed by atoms with van der Waals surface area (Å²) in [6.07, 6.45) is 1.87. The summed E-state index contributed by atoms with van der Waals surface area (Å²) in [7, 11) is 1.88. The first-order chi connectivity index (χ1) is 12.2. The van der Waals surface area contributed by atoms with E-state index in [-0.39, 0.29) is 30.7 Å². The van der Waals surface area contributed by atoms with Gasteiger partial charge in [0.05, 0.1) is 5.01 Å². The Hall–Kier alpha value is -1.18. The van der Waals surface area contributed by atoms with E-state index in [9.17, 15) is 4.79 Å². The number of rotatable bonds is 7. The van der Waals surface area contributed by atoms with Gasteiger partial charge < -0.3 is 10.6 Å². The SMILES string of the molecule is CN(CC1CCN(Cc2ccccc2)C1)C(=O)c1csc(CCN)n1.Cl.Cl. The zero-order chi connectivity index (χ0) is 17.6. The molecule has 2 aromatic rings. The highest BCUT2D eigenvalue weighted by molar-refractivity contribution is 7.09. The van der Waals surface area contributed by atoms with E-state index in [0.29, 0.717) is 18.2 Å². The van der Waals surface area contributed by atoms with Crippen LogP contribution in [0.25, 0.3) is 0 Å². The fourth-order valence-electron chi connectivity index (χ4n) is 3.36. The molecule has 0 radical (unpaired) electrons. The maximum atomic E-state index is 12.5. The summed E-state index contributed by atoms with van der Waals surface area (Å²) in [5.74, 6) is 0.542. The molecular weight excluding hydrogens is 403 g/mol. The number of likely N-dealkylation sites (tertiary alicyclic amines) is 1. The van der Waals surface area contributed by atoms with Crippen LogP contribution in [0.5, 0.6) is 0 Å². The highest BCUT2D eigenvalue weighted by atomic mass is 35.5. The van der Waals surface area contributed by atoms with Crippen molar-refractivity contribution in [2.75, 3.05) is 33.2 Å². The van der Waals surface area contributed by atoms with E-state index in [1.54, 1.807) is 0 Å². The van der Waals surface area contributed by atoms with Crippen LogP contribution in [0, 0.1) is 5.92 Å². The third-order valence-corrected chi connectivity index (χ3v) is 5.54. The number of benzene rings is 1. The van der Waals surface area contributed by atoms with Crippen LogP contribution < -0.4 is 5.73 Å². The molecule has 3 rings (SSSR count). The predicted molar refractivity (Wildman–Crippen MR) is 116 cm³/mol. The number of hydrogen-bond acceptors (Lipinski definition) is 5. The molecule has 0 saturated carbocycles. The van der Waals surface area contributed by atoms with E-state index in [1.807, 2.05) is 23.4 Å². The lowest BCUT2D eigenvalue weighted by Crippen LogP contribution is -2.33. The molecular formula is C19H28Cl2N4OS. The molecule has 1 aromatic heterocycles. The molecule has 1 unspecified atom stereocenters. The van der Waals surface area contributed by atoms with Crippen molar-refractivity contribution in [3.05, 3.63) is 52.0 Å². The van der Waals surface area contributed by atoms with Crippen LogP contribution in [0.2, 0.25) is 0 Å². The van der Waals surface area contributed by atoms with Crippen molar-refractivity contribution >= 4 is 42.1 Å². The zero-order valence-corrected chi connectivity index (χ0v) is 18.0. The largest absolute Gasteiger partial charge is 0.340 e. The number of carbonyl (C=O) groups excluding carboxylic acids is 1. The van der Waals surface area contributed by atoms with E-state index in [0.717, 1.165) is 44.0 Å². The van der Waals surface area contributed by atoms with Crippen molar-refractivity contribution in [1.29, 1.82) is 0 Å². The Balaban J connectivity index is 0.00000182. The van der Waals surface area contributed by atoms with Crippen molar-refractivity contribution < 1.29 is 4.79 Å². The van der Waals surface area contributed by atoms with Crippen LogP contribution >= 0.6 is 36.2 Å². The van der Waals surface area contributed by atoms with Gasteiger partial charge >= 0.3 is 0 Å². The molecule has 1 aliphatic rings. The summed E-state index contributed by atoms with van der Waals surface area (Å²) in [5.41, 5.74) is 7.45. The van der Waals surface area contributed by atoms with Gasteiger partial charge in [0.25, 0.3) is 5.91 Å². The Bertz CT molecular complexity index is 698. The Morgan fingerprint density at radius 3 is 2.78 bits per heavy atom. The quantitative estimate of drug-likeness (QED) is 0.732. The summed E-state index contributed by atoms with van der Waals surface area (Å²) < 4.78 is 0. The van der Waals surface area contributed by atoms with Gasteiger partial charge in [0.1, 0.15) is 5.69 Å². The van der Waals surface area contributed by atoms with Crippen molar-refractivity contribution in [1.82, 2.24) is 14.8 Å². The second kappa shape index (κ2) is 11.6. The third-order valence-electron chi connectivity index (χ3n) is 4.63. The third kappa shape index (κ3) is 6.73. The molecule has 0 aliphatic carbocycles. The maximum absolute atomic E-state index is 12.5. The first kappa shape index (κ1) is 23.9. The van der Waals surface area contributed by atoms with Gasteiger partial charge in [-0.3, -0.25) is 9.69 Å². The van der Waals surface area contributed by atoms with Crippen molar-refractivity contribution in [3.8, 4) is 0 Å². The molecule has 27 heavy (non-hydrogen) atoms. The van der Waals surface area contributed by atoms with Gasteiger partial charge in [-0.15, -0.1) is 36.2 Å². The van der Waals surface area contributed by atoms with E-state index in [2.05, 4.69) is 34.1 Å². The number of hydrogen-bond donors (Lipinski definition) is 1. The van der Waals surface area contributed by atoms with E-state index in [1.165, 1.54) is 16.9 Å². The Labute approximate surface area is 177 Å². The minimum absolute atomic E-state index is 0. The van der Waals surface area contributed by atoms with E-state index in [4.69, 9.17) is 5.73 Å².